The van der Waals surface area contributed by atoms with E-state index in [4.69, 9.17) is 0 Å². The molecule has 3 aromatic rings. The number of aliphatic hydroxyl groups excluding tert-OH is 1. The molecular weight excluding hydrogens is 334 g/mol. The SMILES string of the molecule is Cc1ccc2c(c1)c(C(=O)NC(c1cccs1)C1CC(O)C1)nn2C. The lowest BCUT2D eigenvalue weighted by Crippen LogP contribution is -2.41. The molecule has 4 rings (SSSR count). The molecule has 0 spiro atoms. The van der Waals surface area contributed by atoms with Crippen molar-refractivity contribution in [2.24, 2.45) is 13.0 Å². The van der Waals surface area contributed by atoms with Gasteiger partial charge in [-0.2, -0.15) is 5.10 Å². The van der Waals surface area contributed by atoms with Crippen LogP contribution in [0.25, 0.3) is 10.9 Å². The van der Waals surface area contributed by atoms with Crippen LogP contribution in [0, 0.1) is 12.8 Å². The molecule has 1 amide bonds. The van der Waals surface area contributed by atoms with E-state index >= 15 is 0 Å². The quantitative estimate of drug-likeness (QED) is 0.755. The van der Waals surface area contributed by atoms with Gasteiger partial charge < -0.3 is 10.4 Å². The molecule has 0 bridgehead atoms. The maximum absolute atomic E-state index is 13.0. The zero-order chi connectivity index (χ0) is 17.6. The molecule has 25 heavy (non-hydrogen) atoms. The van der Waals surface area contributed by atoms with E-state index < -0.39 is 0 Å². The van der Waals surface area contributed by atoms with Crippen molar-refractivity contribution in [1.82, 2.24) is 15.1 Å². The summed E-state index contributed by atoms with van der Waals surface area (Å²) in [5, 5.41) is 20.2. The second kappa shape index (κ2) is 6.28. The topological polar surface area (TPSA) is 67.2 Å². The van der Waals surface area contributed by atoms with Crippen LogP contribution >= 0.6 is 11.3 Å². The zero-order valence-corrected chi connectivity index (χ0v) is 15.1. The van der Waals surface area contributed by atoms with E-state index in [0.717, 1.165) is 34.2 Å². The molecule has 0 saturated heterocycles. The van der Waals surface area contributed by atoms with Crippen LogP contribution < -0.4 is 5.32 Å². The molecule has 130 valence electrons. The van der Waals surface area contributed by atoms with Crippen LogP contribution in [-0.2, 0) is 7.05 Å². The summed E-state index contributed by atoms with van der Waals surface area (Å²) in [7, 11) is 1.85. The lowest BCUT2D eigenvalue weighted by molar-refractivity contribution is 0.0240. The van der Waals surface area contributed by atoms with Gasteiger partial charge in [-0.05, 0) is 49.3 Å². The third-order valence-corrected chi connectivity index (χ3v) is 5.93. The van der Waals surface area contributed by atoms with Crippen molar-refractivity contribution >= 4 is 28.1 Å². The van der Waals surface area contributed by atoms with Crippen molar-refractivity contribution < 1.29 is 9.90 Å². The number of benzene rings is 1. The molecule has 1 aliphatic rings. The number of amides is 1. The fraction of sp³-hybridized carbons (Fsp3) is 0.368. The molecule has 0 radical (unpaired) electrons. The van der Waals surface area contributed by atoms with E-state index in [0.29, 0.717) is 5.69 Å². The van der Waals surface area contributed by atoms with Crippen molar-refractivity contribution in [3.8, 4) is 0 Å². The number of rotatable bonds is 4. The molecule has 6 heteroatoms. The minimum atomic E-state index is -0.248. The second-order valence-corrected chi connectivity index (χ2v) is 7.82. The van der Waals surface area contributed by atoms with E-state index in [1.165, 1.54) is 0 Å². The molecule has 5 nitrogen and oxygen atoms in total. The smallest absolute Gasteiger partial charge is 0.272 e. The predicted molar refractivity (Wildman–Crippen MR) is 98.7 cm³/mol. The summed E-state index contributed by atoms with van der Waals surface area (Å²) in [4.78, 5) is 14.1. The highest BCUT2D eigenvalue weighted by molar-refractivity contribution is 7.10. The number of carbonyl (C=O) groups excluding carboxylic acids is 1. The number of hydrogen-bond donors (Lipinski definition) is 2. The summed E-state index contributed by atoms with van der Waals surface area (Å²) in [6.07, 6.45) is 1.21. The van der Waals surface area contributed by atoms with Gasteiger partial charge >= 0.3 is 0 Å². The lowest BCUT2D eigenvalue weighted by atomic mass is 9.76. The second-order valence-electron chi connectivity index (χ2n) is 6.84. The monoisotopic (exact) mass is 355 g/mol. The highest BCUT2D eigenvalue weighted by atomic mass is 32.1. The fourth-order valence-corrected chi connectivity index (χ4v) is 4.42. The molecule has 1 aromatic carbocycles. The van der Waals surface area contributed by atoms with Gasteiger partial charge in [0.15, 0.2) is 5.69 Å². The van der Waals surface area contributed by atoms with E-state index in [9.17, 15) is 9.90 Å². The van der Waals surface area contributed by atoms with Crippen molar-refractivity contribution in [1.29, 1.82) is 0 Å². The molecule has 1 unspecified atom stereocenters. The molecule has 1 atom stereocenters. The molecular formula is C19H21N3O2S. The van der Waals surface area contributed by atoms with E-state index in [1.807, 2.05) is 49.7 Å². The molecule has 2 heterocycles. The number of aromatic nitrogens is 2. The number of carbonyl (C=O) groups is 1. The van der Waals surface area contributed by atoms with E-state index in [1.54, 1.807) is 16.0 Å². The third-order valence-electron chi connectivity index (χ3n) is 4.98. The third kappa shape index (κ3) is 2.96. The van der Waals surface area contributed by atoms with Crippen molar-refractivity contribution in [2.45, 2.75) is 31.9 Å². The maximum atomic E-state index is 13.0. The first-order valence-electron chi connectivity index (χ1n) is 8.48. The average molecular weight is 355 g/mol. The predicted octanol–water partition coefficient (Wildman–Crippen LogP) is 3.19. The largest absolute Gasteiger partial charge is 0.393 e. The Bertz CT molecular complexity index is 910. The Morgan fingerprint density at radius 3 is 2.88 bits per heavy atom. The molecule has 1 aliphatic carbocycles. The first kappa shape index (κ1) is 16.3. The van der Waals surface area contributed by atoms with E-state index in [2.05, 4.69) is 10.4 Å². The van der Waals surface area contributed by atoms with Gasteiger partial charge in [-0.25, -0.2) is 0 Å². The van der Waals surface area contributed by atoms with Gasteiger partial charge in [0.1, 0.15) is 0 Å². The Kier molecular flexibility index (Phi) is 4.09. The standard InChI is InChI=1S/C19H21N3O2S/c1-11-5-6-15-14(8-11)18(21-22(15)2)19(24)20-17(12-9-13(23)10-12)16-4-3-7-25-16/h3-8,12-13,17,23H,9-10H2,1-2H3,(H,20,24). The number of aliphatic hydroxyl groups is 1. The normalized spacial score (nSPS) is 21.1. The van der Waals surface area contributed by atoms with Gasteiger partial charge in [0, 0.05) is 17.3 Å². The Morgan fingerprint density at radius 2 is 2.20 bits per heavy atom. The van der Waals surface area contributed by atoms with Crippen molar-refractivity contribution in [3.63, 3.8) is 0 Å². The van der Waals surface area contributed by atoms with Crippen LogP contribution in [0.1, 0.15) is 39.8 Å². The minimum Gasteiger partial charge on any atom is -0.393 e. The number of nitrogens with zero attached hydrogens (tertiary/aromatic N) is 2. The highest BCUT2D eigenvalue weighted by Crippen LogP contribution is 2.39. The number of aryl methyl sites for hydroxylation is 2. The Hall–Kier alpha value is -2.18. The summed E-state index contributed by atoms with van der Waals surface area (Å²) < 4.78 is 1.75. The number of thiophene rings is 1. The van der Waals surface area contributed by atoms with E-state index in [-0.39, 0.29) is 24.0 Å². The van der Waals surface area contributed by atoms with Crippen molar-refractivity contribution in [3.05, 3.63) is 51.8 Å². The zero-order valence-electron chi connectivity index (χ0n) is 14.3. The van der Waals surface area contributed by atoms with Crippen LogP contribution in [0.15, 0.2) is 35.7 Å². The Morgan fingerprint density at radius 1 is 1.40 bits per heavy atom. The average Bonchev–Trinajstić information content (AvgIpc) is 3.18. The number of nitrogens with one attached hydrogen (secondary N) is 1. The summed E-state index contributed by atoms with van der Waals surface area (Å²) in [5.74, 6) is 0.116. The summed E-state index contributed by atoms with van der Waals surface area (Å²) in [5.41, 5.74) is 2.51. The van der Waals surface area contributed by atoms with Gasteiger partial charge in [-0.3, -0.25) is 9.48 Å². The first-order chi connectivity index (χ1) is 12.0. The summed E-state index contributed by atoms with van der Waals surface area (Å²) in [6.45, 7) is 2.01. The molecule has 1 saturated carbocycles. The Balaban J connectivity index is 1.65. The maximum Gasteiger partial charge on any atom is 0.272 e. The molecule has 2 N–H and O–H groups in total. The van der Waals surface area contributed by atoms with Gasteiger partial charge in [-0.15, -0.1) is 11.3 Å². The minimum absolute atomic E-state index is 0.0715. The van der Waals surface area contributed by atoms with Crippen LogP contribution in [0.5, 0.6) is 0 Å². The summed E-state index contributed by atoms with van der Waals surface area (Å²) >= 11 is 1.64. The van der Waals surface area contributed by atoms with Gasteiger partial charge in [0.05, 0.1) is 17.7 Å². The lowest BCUT2D eigenvalue weighted by Gasteiger charge is -2.37. The molecule has 1 fully saturated rings. The van der Waals surface area contributed by atoms with Crippen molar-refractivity contribution in [2.75, 3.05) is 0 Å². The van der Waals surface area contributed by atoms with Gasteiger partial charge in [0.2, 0.25) is 0 Å². The first-order valence-corrected chi connectivity index (χ1v) is 9.36. The molecule has 2 aromatic heterocycles. The van der Waals surface area contributed by atoms with Crippen LogP contribution in [0.3, 0.4) is 0 Å². The fourth-order valence-electron chi connectivity index (χ4n) is 3.55. The highest BCUT2D eigenvalue weighted by Gasteiger charge is 2.36. The van der Waals surface area contributed by atoms with Gasteiger partial charge in [-0.1, -0.05) is 17.7 Å². The number of fused-ring (bicyclic) bond motifs is 1. The van der Waals surface area contributed by atoms with Crippen LogP contribution in [0.4, 0.5) is 0 Å². The Labute approximate surface area is 150 Å². The summed E-state index contributed by atoms with van der Waals surface area (Å²) in [6, 6.07) is 9.99. The molecule has 0 aliphatic heterocycles. The number of hydrogen-bond acceptors (Lipinski definition) is 4. The van der Waals surface area contributed by atoms with Crippen LogP contribution in [0.2, 0.25) is 0 Å². The van der Waals surface area contributed by atoms with Crippen LogP contribution in [-0.4, -0.2) is 26.9 Å². The van der Waals surface area contributed by atoms with Gasteiger partial charge in [0.25, 0.3) is 5.91 Å².